The van der Waals surface area contributed by atoms with Gasteiger partial charge in [0.1, 0.15) is 0 Å². The van der Waals surface area contributed by atoms with Gasteiger partial charge in [0.25, 0.3) is 0 Å². The minimum absolute atomic E-state index is 0.0138. The first-order valence-corrected chi connectivity index (χ1v) is 5.54. The molecule has 2 rings (SSSR count). The summed E-state index contributed by atoms with van der Waals surface area (Å²) in [4.78, 5) is 24.7. The zero-order valence-electron chi connectivity index (χ0n) is 9.68. The SMILES string of the molecule is COC(=O)C1CC(=O)N(CCc2ccn[nH]2)C1. The highest BCUT2D eigenvalue weighted by Gasteiger charge is 2.34. The van der Waals surface area contributed by atoms with Gasteiger partial charge in [-0.2, -0.15) is 5.10 Å². The first kappa shape index (κ1) is 11.6. The number of likely N-dealkylation sites (tertiary alicyclic amines) is 1. The molecular formula is C11H15N3O3. The molecule has 1 unspecified atom stereocenters. The Bertz CT molecular complexity index is 402. The summed E-state index contributed by atoms with van der Waals surface area (Å²) in [5, 5.41) is 6.68. The molecule has 0 aromatic carbocycles. The molecule has 1 amide bonds. The number of aromatic nitrogens is 2. The maximum Gasteiger partial charge on any atom is 0.310 e. The molecule has 0 spiro atoms. The van der Waals surface area contributed by atoms with Crippen molar-refractivity contribution < 1.29 is 14.3 Å². The zero-order valence-corrected chi connectivity index (χ0v) is 9.68. The maximum atomic E-state index is 11.7. The molecule has 1 N–H and O–H groups in total. The van der Waals surface area contributed by atoms with E-state index in [1.165, 1.54) is 7.11 Å². The monoisotopic (exact) mass is 237 g/mol. The third kappa shape index (κ3) is 2.64. The minimum atomic E-state index is -0.311. The lowest BCUT2D eigenvalue weighted by Gasteiger charge is -2.15. The van der Waals surface area contributed by atoms with E-state index in [2.05, 4.69) is 14.9 Å². The molecule has 0 aliphatic carbocycles. The molecule has 0 radical (unpaired) electrons. The Kier molecular flexibility index (Phi) is 3.41. The number of nitrogens with one attached hydrogen (secondary N) is 1. The molecule has 1 aliphatic rings. The molecular weight excluding hydrogens is 222 g/mol. The molecule has 2 heterocycles. The Balaban J connectivity index is 1.86. The molecule has 17 heavy (non-hydrogen) atoms. The van der Waals surface area contributed by atoms with Crippen LogP contribution >= 0.6 is 0 Å². The van der Waals surface area contributed by atoms with Crippen LogP contribution < -0.4 is 0 Å². The highest BCUT2D eigenvalue weighted by Crippen LogP contribution is 2.19. The van der Waals surface area contributed by atoms with E-state index in [0.29, 0.717) is 13.1 Å². The highest BCUT2D eigenvalue weighted by molar-refractivity contribution is 5.86. The third-order valence-electron chi connectivity index (χ3n) is 2.96. The van der Waals surface area contributed by atoms with Gasteiger partial charge in [-0.15, -0.1) is 0 Å². The molecule has 0 saturated carbocycles. The first-order chi connectivity index (χ1) is 8.20. The van der Waals surface area contributed by atoms with E-state index in [9.17, 15) is 9.59 Å². The summed E-state index contributed by atoms with van der Waals surface area (Å²) >= 11 is 0. The summed E-state index contributed by atoms with van der Waals surface area (Å²) in [6, 6.07) is 1.87. The van der Waals surface area contributed by atoms with Crippen LogP contribution in [0.2, 0.25) is 0 Å². The minimum Gasteiger partial charge on any atom is -0.469 e. The van der Waals surface area contributed by atoms with Gasteiger partial charge < -0.3 is 9.64 Å². The van der Waals surface area contributed by atoms with E-state index in [1.807, 2.05) is 6.07 Å². The highest BCUT2D eigenvalue weighted by atomic mass is 16.5. The number of carbonyl (C=O) groups excluding carboxylic acids is 2. The molecule has 1 saturated heterocycles. The van der Waals surface area contributed by atoms with Crippen LogP contribution in [0.25, 0.3) is 0 Å². The Morgan fingerprint density at radius 1 is 1.71 bits per heavy atom. The van der Waals surface area contributed by atoms with Crippen LogP contribution in [-0.4, -0.2) is 47.2 Å². The molecule has 1 aromatic heterocycles. The summed E-state index contributed by atoms with van der Waals surface area (Å²) in [5.74, 6) is -0.600. The van der Waals surface area contributed by atoms with Gasteiger partial charge in [0.2, 0.25) is 5.91 Å². The van der Waals surface area contributed by atoms with E-state index >= 15 is 0 Å². The van der Waals surface area contributed by atoms with Crippen LogP contribution in [0.1, 0.15) is 12.1 Å². The fraction of sp³-hybridized carbons (Fsp3) is 0.545. The second kappa shape index (κ2) is 4.99. The van der Waals surface area contributed by atoms with Crippen molar-refractivity contribution in [2.75, 3.05) is 20.2 Å². The number of ether oxygens (including phenoxy) is 1. The number of methoxy groups -OCH3 is 1. The number of aromatic amines is 1. The third-order valence-corrected chi connectivity index (χ3v) is 2.96. The Hall–Kier alpha value is -1.85. The summed E-state index contributed by atoms with van der Waals surface area (Å²) in [5.41, 5.74) is 0.985. The lowest BCUT2D eigenvalue weighted by molar-refractivity contribution is -0.145. The average Bonchev–Trinajstić information content (AvgIpc) is 2.95. The number of amides is 1. The van der Waals surface area contributed by atoms with Crippen molar-refractivity contribution >= 4 is 11.9 Å². The number of esters is 1. The number of hydrogen-bond donors (Lipinski definition) is 1. The van der Waals surface area contributed by atoms with Gasteiger partial charge in [0.15, 0.2) is 0 Å². The van der Waals surface area contributed by atoms with Crippen molar-refractivity contribution in [1.82, 2.24) is 15.1 Å². The Morgan fingerprint density at radius 2 is 2.53 bits per heavy atom. The first-order valence-electron chi connectivity index (χ1n) is 5.54. The summed E-state index contributed by atoms with van der Waals surface area (Å²) in [7, 11) is 1.35. The van der Waals surface area contributed by atoms with E-state index < -0.39 is 0 Å². The van der Waals surface area contributed by atoms with Crippen LogP contribution in [0.5, 0.6) is 0 Å². The fourth-order valence-electron chi connectivity index (χ4n) is 1.99. The molecule has 1 aromatic rings. The quantitative estimate of drug-likeness (QED) is 0.746. The summed E-state index contributed by atoms with van der Waals surface area (Å²) < 4.78 is 4.65. The number of hydrogen-bond acceptors (Lipinski definition) is 4. The second-order valence-electron chi connectivity index (χ2n) is 4.10. The fourth-order valence-corrected chi connectivity index (χ4v) is 1.99. The van der Waals surface area contributed by atoms with Crippen molar-refractivity contribution in [3.05, 3.63) is 18.0 Å². The van der Waals surface area contributed by atoms with Crippen LogP contribution in [0.4, 0.5) is 0 Å². The van der Waals surface area contributed by atoms with E-state index in [4.69, 9.17) is 0 Å². The smallest absolute Gasteiger partial charge is 0.310 e. The summed E-state index contributed by atoms with van der Waals surface area (Å²) in [6.45, 7) is 1.06. The van der Waals surface area contributed by atoms with Crippen molar-refractivity contribution in [3.63, 3.8) is 0 Å². The predicted octanol–water partition coefficient (Wildman–Crippen LogP) is -0.0263. The molecule has 1 atom stereocenters. The van der Waals surface area contributed by atoms with E-state index in [-0.39, 0.29) is 24.2 Å². The van der Waals surface area contributed by atoms with Gasteiger partial charge in [-0.1, -0.05) is 0 Å². The Morgan fingerprint density at radius 3 is 3.18 bits per heavy atom. The van der Waals surface area contributed by atoms with Crippen molar-refractivity contribution in [3.8, 4) is 0 Å². The largest absolute Gasteiger partial charge is 0.469 e. The molecule has 6 heteroatoms. The molecule has 1 fully saturated rings. The standard InChI is InChI=1S/C11H15N3O3/c1-17-11(16)8-6-10(15)14(7-8)5-3-9-2-4-12-13-9/h2,4,8H,3,5-7H2,1H3,(H,12,13). The zero-order chi connectivity index (χ0) is 12.3. The second-order valence-corrected chi connectivity index (χ2v) is 4.10. The van der Waals surface area contributed by atoms with E-state index in [1.54, 1.807) is 11.1 Å². The van der Waals surface area contributed by atoms with E-state index in [0.717, 1.165) is 12.1 Å². The molecule has 92 valence electrons. The topological polar surface area (TPSA) is 75.3 Å². The van der Waals surface area contributed by atoms with Crippen molar-refractivity contribution in [2.24, 2.45) is 5.92 Å². The normalized spacial score (nSPS) is 19.7. The van der Waals surface area contributed by atoms with Gasteiger partial charge >= 0.3 is 5.97 Å². The predicted molar refractivity (Wildman–Crippen MR) is 59.0 cm³/mol. The van der Waals surface area contributed by atoms with Crippen LogP contribution in [0.3, 0.4) is 0 Å². The van der Waals surface area contributed by atoms with Gasteiger partial charge in [-0.05, 0) is 6.07 Å². The Labute approximate surface area is 98.9 Å². The summed E-state index contributed by atoms with van der Waals surface area (Å²) in [6.07, 6.45) is 2.66. The number of carbonyl (C=O) groups is 2. The van der Waals surface area contributed by atoms with Crippen molar-refractivity contribution in [2.45, 2.75) is 12.8 Å². The van der Waals surface area contributed by atoms with Gasteiger partial charge in [0, 0.05) is 37.8 Å². The van der Waals surface area contributed by atoms with Gasteiger partial charge in [0.05, 0.1) is 13.0 Å². The van der Waals surface area contributed by atoms with Crippen molar-refractivity contribution in [1.29, 1.82) is 0 Å². The van der Waals surface area contributed by atoms with Gasteiger partial charge in [-0.25, -0.2) is 0 Å². The number of H-pyrrole nitrogens is 1. The van der Waals surface area contributed by atoms with Crippen LogP contribution in [-0.2, 0) is 20.7 Å². The average molecular weight is 237 g/mol. The number of nitrogens with zero attached hydrogens (tertiary/aromatic N) is 2. The van der Waals surface area contributed by atoms with Gasteiger partial charge in [-0.3, -0.25) is 14.7 Å². The maximum absolute atomic E-state index is 11.7. The molecule has 6 nitrogen and oxygen atoms in total. The molecule has 1 aliphatic heterocycles. The molecule has 0 bridgehead atoms. The lowest BCUT2D eigenvalue weighted by atomic mass is 10.1. The lowest BCUT2D eigenvalue weighted by Crippen LogP contribution is -2.28. The van der Waals surface area contributed by atoms with Crippen LogP contribution in [0.15, 0.2) is 12.3 Å². The van der Waals surface area contributed by atoms with Crippen LogP contribution in [0, 0.1) is 5.92 Å². The number of rotatable bonds is 4.